The third-order valence-electron chi connectivity index (χ3n) is 2.67. The van der Waals surface area contributed by atoms with Gasteiger partial charge in [0.25, 0.3) is 0 Å². The second kappa shape index (κ2) is 3.01. The molecule has 1 atom stereocenters. The van der Waals surface area contributed by atoms with Gasteiger partial charge in [0.05, 0.1) is 7.11 Å². The molecule has 3 nitrogen and oxygen atoms in total. The van der Waals surface area contributed by atoms with Gasteiger partial charge in [-0.2, -0.15) is 0 Å². The fraction of sp³-hybridized carbons (Fsp3) is 0.364. The first-order chi connectivity index (χ1) is 6.63. The van der Waals surface area contributed by atoms with E-state index >= 15 is 0 Å². The largest absolute Gasteiger partial charge is 0.504 e. The summed E-state index contributed by atoms with van der Waals surface area (Å²) in [6.45, 7) is 1.98. The van der Waals surface area contributed by atoms with Gasteiger partial charge in [-0.1, -0.05) is 6.92 Å². The summed E-state index contributed by atoms with van der Waals surface area (Å²) in [6.07, 6.45) is 0.530. The van der Waals surface area contributed by atoms with Crippen LogP contribution in [0.5, 0.6) is 11.5 Å². The highest BCUT2D eigenvalue weighted by Gasteiger charge is 2.27. The number of carbonyl (C=O) groups is 1. The minimum absolute atomic E-state index is 0.104. The van der Waals surface area contributed by atoms with Crippen molar-refractivity contribution in [2.45, 2.75) is 19.3 Å². The fourth-order valence-corrected chi connectivity index (χ4v) is 1.90. The lowest BCUT2D eigenvalue weighted by atomic mass is 10.0. The lowest BCUT2D eigenvalue weighted by Gasteiger charge is -2.07. The van der Waals surface area contributed by atoms with Crippen LogP contribution in [-0.2, 0) is 0 Å². The molecule has 1 unspecified atom stereocenters. The van der Waals surface area contributed by atoms with Crippen LogP contribution in [0.4, 0.5) is 0 Å². The Morgan fingerprint density at radius 3 is 2.86 bits per heavy atom. The molecule has 1 N–H and O–H groups in total. The van der Waals surface area contributed by atoms with Crippen LogP contribution in [0.2, 0.25) is 0 Å². The van der Waals surface area contributed by atoms with E-state index < -0.39 is 0 Å². The van der Waals surface area contributed by atoms with Crippen LogP contribution in [-0.4, -0.2) is 18.0 Å². The first-order valence-electron chi connectivity index (χ1n) is 4.57. The third kappa shape index (κ3) is 1.16. The highest BCUT2D eigenvalue weighted by Crippen LogP contribution is 2.39. The minimum atomic E-state index is 0.104. The highest BCUT2D eigenvalue weighted by atomic mass is 16.5. The molecule has 0 aliphatic heterocycles. The molecule has 0 spiro atoms. The summed E-state index contributed by atoms with van der Waals surface area (Å²) in [7, 11) is 1.48. The number of carbonyl (C=O) groups excluding carboxylic acids is 1. The first-order valence-corrected chi connectivity index (χ1v) is 4.57. The summed E-state index contributed by atoms with van der Waals surface area (Å²) in [5.41, 5.74) is 1.61. The Morgan fingerprint density at radius 2 is 2.21 bits per heavy atom. The van der Waals surface area contributed by atoms with E-state index in [0.717, 1.165) is 5.56 Å². The number of aromatic hydroxyl groups is 1. The molecule has 1 aliphatic carbocycles. The molecule has 74 valence electrons. The van der Waals surface area contributed by atoms with Crippen molar-refractivity contribution in [2.75, 3.05) is 7.11 Å². The maximum atomic E-state index is 11.5. The number of benzene rings is 1. The average molecular weight is 192 g/mol. The van der Waals surface area contributed by atoms with Gasteiger partial charge < -0.3 is 9.84 Å². The maximum Gasteiger partial charge on any atom is 0.163 e. The molecular weight excluding hydrogens is 180 g/mol. The van der Waals surface area contributed by atoms with Crippen LogP contribution in [0.15, 0.2) is 12.1 Å². The number of hydrogen-bond acceptors (Lipinski definition) is 3. The van der Waals surface area contributed by atoms with E-state index in [0.29, 0.717) is 17.7 Å². The minimum Gasteiger partial charge on any atom is -0.504 e. The van der Waals surface area contributed by atoms with Gasteiger partial charge in [0.2, 0.25) is 0 Å². The predicted molar refractivity (Wildman–Crippen MR) is 52.0 cm³/mol. The van der Waals surface area contributed by atoms with Crippen molar-refractivity contribution in [3.8, 4) is 11.5 Å². The molecule has 0 saturated carbocycles. The zero-order valence-electron chi connectivity index (χ0n) is 8.20. The van der Waals surface area contributed by atoms with Crippen LogP contribution < -0.4 is 4.74 Å². The van der Waals surface area contributed by atoms with E-state index in [1.54, 1.807) is 12.1 Å². The van der Waals surface area contributed by atoms with Gasteiger partial charge >= 0.3 is 0 Å². The van der Waals surface area contributed by atoms with Crippen molar-refractivity contribution >= 4 is 5.78 Å². The number of rotatable bonds is 1. The zero-order chi connectivity index (χ0) is 10.3. The summed E-state index contributed by atoms with van der Waals surface area (Å²) >= 11 is 0. The van der Waals surface area contributed by atoms with E-state index in [1.807, 2.05) is 6.92 Å². The molecule has 1 aromatic carbocycles. The molecule has 0 fully saturated rings. The van der Waals surface area contributed by atoms with Gasteiger partial charge in [0.15, 0.2) is 17.3 Å². The topological polar surface area (TPSA) is 46.5 Å². The number of methoxy groups -OCH3 is 1. The highest BCUT2D eigenvalue weighted by molar-refractivity contribution is 6.01. The summed E-state index contributed by atoms with van der Waals surface area (Å²) in [5.74, 6) is 0.805. The molecule has 0 aromatic heterocycles. The summed E-state index contributed by atoms with van der Waals surface area (Å²) in [5, 5.41) is 9.54. The van der Waals surface area contributed by atoms with Gasteiger partial charge in [0.1, 0.15) is 0 Å². The van der Waals surface area contributed by atoms with Gasteiger partial charge in [-0.25, -0.2) is 0 Å². The average Bonchev–Trinajstić information content (AvgIpc) is 2.41. The van der Waals surface area contributed by atoms with Crippen LogP contribution in [0, 0.1) is 0 Å². The van der Waals surface area contributed by atoms with Crippen molar-refractivity contribution in [1.29, 1.82) is 0 Å². The lowest BCUT2D eigenvalue weighted by Crippen LogP contribution is -1.93. The second-order valence-corrected chi connectivity index (χ2v) is 3.64. The summed E-state index contributed by atoms with van der Waals surface area (Å²) in [6, 6.07) is 3.25. The molecule has 0 amide bonds. The fourth-order valence-electron chi connectivity index (χ4n) is 1.90. The van der Waals surface area contributed by atoms with Crippen molar-refractivity contribution in [2.24, 2.45) is 0 Å². The van der Waals surface area contributed by atoms with Gasteiger partial charge in [0, 0.05) is 12.0 Å². The van der Waals surface area contributed by atoms with E-state index in [4.69, 9.17) is 4.74 Å². The van der Waals surface area contributed by atoms with Gasteiger partial charge in [-0.3, -0.25) is 4.79 Å². The second-order valence-electron chi connectivity index (χ2n) is 3.64. The van der Waals surface area contributed by atoms with E-state index in [2.05, 4.69) is 0 Å². The predicted octanol–water partition coefficient (Wildman–Crippen LogP) is 2.09. The van der Waals surface area contributed by atoms with Crippen LogP contribution in [0.25, 0.3) is 0 Å². The number of ketones is 1. The molecule has 14 heavy (non-hydrogen) atoms. The molecule has 1 aromatic rings. The molecular formula is C11H12O3. The Morgan fingerprint density at radius 1 is 1.50 bits per heavy atom. The SMILES string of the molecule is COc1cc2c(cc1O)C(C)CC2=O. The van der Waals surface area contributed by atoms with Crippen LogP contribution >= 0.6 is 0 Å². The molecule has 0 heterocycles. The quantitative estimate of drug-likeness (QED) is 0.741. The number of fused-ring (bicyclic) bond motifs is 1. The number of phenols is 1. The Bertz CT molecular complexity index is 396. The number of ether oxygens (including phenoxy) is 1. The molecule has 2 rings (SSSR count). The van der Waals surface area contributed by atoms with Crippen molar-refractivity contribution in [3.63, 3.8) is 0 Å². The Kier molecular flexibility index (Phi) is 1.95. The van der Waals surface area contributed by atoms with Crippen LogP contribution in [0.1, 0.15) is 35.2 Å². The summed E-state index contributed by atoms with van der Waals surface area (Å²) < 4.78 is 4.95. The molecule has 3 heteroatoms. The van der Waals surface area contributed by atoms with E-state index in [1.165, 1.54) is 7.11 Å². The number of phenolic OH excluding ortho intramolecular Hbond substituents is 1. The standard InChI is InChI=1S/C11H12O3/c1-6-3-9(12)8-5-11(14-2)10(13)4-7(6)8/h4-6,13H,3H2,1-2H3. The van der Waals surface area contributed by atoms with Crippen molar-refractivity contribution in [3.05, 3.63) is 23.3 Å². The molecule has 0 radical (unpaired) electrons. The van der Waals surface area contributed by atoms with E-state index in [-0.39, 0.29) is 17.5 Å². The van der Waals surface area contributed by atoms with Gasteiger partial charge in [-0.05, 0) is 23.6 Å². The van der Waals surface area contributed by atoms with E-state index in [9.17, 15) is 9.90 Å². The molecule has 0 saturated heterocycles. The van der Waals surface area contributed by atoms with Crippen molar-refractivity contribution in [1.82, 2.24) is 0 Å². The summed E-state index contributed by atoms with van der Waals surface area (Å²) in [4.78, 5) is 11.5. The van der Waals surface area contributed by atoms with Crippen LogP contribution in [0.3, 0.4) is 0 Å². The van der Waals surface area contributed by atoms with Crippen molar-refractivity contribution < 1.29 is 14.6 Å². The Labute approximate surface area is 82.3 Å². The normalized spacial score (nSPS) is 19.6. The molecule has 0 bridgehead atoms. The number of hydrogen-bond donors (Lipinski definition) is 1. The zero-order valence-corrected chi connectivity index (χ0v) is 8.20. The monoisotopic (exact) mass is 192 g/mol. The third-order valence-corrected chi connectivity index (χ3v) is 2.67. The smallest absolute Gasteiger partial charge is 0.163 e. The lowest BCUT2D eigenvalue weighted by molar-refractivity contribution is 0.0990. The first kappa shape index (κ1) is 9.06. The maximum absolute atomic E-state index is 11.5. The Hall–Kier alpha value is -1.51. The molecule has 1 aliphatic rings. The van der Waals surface area contributed by atoms with Gasteiger partial charge in [-0.15, -0.1) is 0 Å². The number of Topliss-reactive ketones (excluding diaryl/α,β-unsaturated/α-hetero) is 1. The Balaban J connectivity index is 2.60.